The summed E-state index contributed by atoms with van der Waals surface area (Å²) < 4.78 is 9.89. The van der Waals surface area contributed by atoms with Gasteiger partial charge in [-0.05, 0) is 39.5 Å². The molecular weight excluding hydrogens is 521 g/mol. The Kier molecular flexibility index (Phi) is 16.7. The van der Waals surface area contributed by atoms with E-state index in [4.69, 9.17) is 9.47 Å². The minimum absolute atomic E-state index is 0. The fraction of sp³-hybridized carbons (Fsp3) is 0.353. The van der Waals surface area contributed by atoms with Crippen molar-refractivity contribution in [1.29, 1.82) is 0 Å². The van der Waals surface area contributed by atoms with E-state index < -0.39 is 0 Å². The quantitative estimate of drug-likeness (QED) is 0.294. The van der Waals surface area contributed by atoms with Gasteiger partial charge in [-0.25, -0.2) is 9.98 Å². The van der Waals surface area contributed by atoms with Gasteiger partial charge in [-0.2, -0.15) is 12.4 Å². The molecule has 2 aliphatic rings. The van der Waals surface area contributed by atoms with Crippen molar-refractivity contribution in [2.45, 2.75) is 53.4 Å². The first kappa shape index (κ1) is 34.2. The topological polar surface area (TPSA) is 74.6 Å². The van der Waals surface area contributed by atoms with Gasteiger partial charge >= 0.3 is 23.1 Å². The van der Waals surface area contributed by atoms with Crippen LogP contribution >= 0.6 is 0 Å². The van der Waals surface area contributed by atoms with Crippen LogP contribution in [0, 0.1) is 13.8 Å². The molecule has 2 aromatic heterocycles. The summed E-state index contributed by atoms with van der Waals surface area (Å²) in [4.78, 5) is 15.1. The molecule has 2 saturated heterocycles. The van der Waals surface area contributed by atoms with Crippen LogP contribution in [0.3, 0.4) is 0 Å². The van der Waals surface area contributed by atoms with Crippen molar-refractivity contribution < 1.29 is 19.5 Å². The molecule has 0 atom stereocenters. The summed E-state index contributed by atoms with van der Waals surface area (Å²) in [5.41, 5.74) is 8.87. The summed E-state index contributed by atoms with van der Waals surface area (Å²) in [6.45, 7) is 12.2. The molecule has 2 aromatic carbocycles. The van der Waals surface area contributed by atoms with Gasteiger partial charge in [0.2, 0.25) is 11.4 Å². The summed E-state index contributed by atoms with van der Waals surface area (Å²) in [5, 5.41) is 0. The Balaban J connectivity index is 0.000000211. The molecule has 41 heavy (non-hydrogen) atoms. The molecule has 212 valence electrons. The SMILES string of the molecule is C1CCOC1.C1CCOC1.CC(=[NH+]c1ccc(C)cc1)c1ccc[n-]1.CC(=[NH+]c1ccc(C)cc1)c1ccc[n-]1.[Mg+2]. The number of aromatic nitrogens is 2. The average molecular weight is 565 g/mol. The summed E-state index contributed by atoms with van der Waals surface area (Å²) in [6.07, 6.45) is 8.71. The first-order valence-corrected chi connectivity index (χ1v) is 14.2. The van der Waals surface area contributed by atoms with E-state index in [2.05, 4.69) is 82.3 Å². The standard InChI is InChI=1S/2C13H13N2.2C4H8O.Mg/c2*1-10-5-7-12(8-6-10)15-11(2)13-4-3-9-14-13;2*1-2-4-5-3-1;/h2*3-9H,1-2H3;2*1-4H2;/q2*-1;;;+2/p+2. The Morgan fingerprint density at radius 3 is 1.15 bits per heavy atom. The third-order valence-corrected chi connectivity index (χ3v) is 6.30. The van der Waals surface area contributed by atoms with Gasteiger partial charge < -0.3 is 19.4 Å². The predicted molar refractivity (Wildman–Crippen MR) is 169 cm³/mol. The fourth-order valence-corrected chi connectivity index (χ4v) is 3.90. The van der Waals surface area contributed by atoms with Gasteiger partial charge in [0, 0.05) is 64.5 Å². The maximum atomic E-state index is 4.94. The summed E-state index contributed by atoms with van der Waals surface area (Å²) in [6, 6.07) is 24.5. The van der Waals surface area contributed by atoms with E-state index in [0.717, 1.165) is 60.6 Å². The Bertz CT molecular complexity index is 1140. The molecule has 0 unspecified atom stereocenters. The molecule has 6 nitrogen and oxygen atoms in total. The van der Waals surface area contributed by atoms with Crippen LogP contribution in [-0.2, 0) is 9.47 Å². The van der Waals surface area contributed by atoms with Gasteiger partial charge in [0.05, 0.1) is 0 Å². The van der Waals surface area contributed by atoms with Crippen molar-refractivity contribution in [2.75, 3.05) is 26.4 Å². The zero-order chi connectivity index (χ0) is 28.4. The largest absolute Gasteiger partial charge is 2.00 e. The van der Waals surface area contributed by atoms with Crippen molar-refractivity contribution in [3.05, 3.63) is 108 Å². The molecule has 2 N–H and O–H groups in total. The molecule has 6 rings (SSSR count). The van der Waals surface area contributed by atoms with Crippen LogP contribution in [0.1, 0.15) is 62.0 Å². The van der Waals surface area contributed by atoms with Crippen molar-refractivity contribution in [1.82, 2.24) is 9.97 Å². The van der Waals surface area contributed by atoms with Crippen molar-refractivity contribution in [3.8, 4) is 0 Å². The summed E-state index contributed by atoms with van der Waals surface area (Å²) in [7, 11) is 0. The number of nitrogens with zero attached hydrogens (tertiary/aromatic N) is 2. The normalized spacial score (nSPS) is 14.4. The number of hydrogen-bond acceptors (Lipinski definition) is 2. The summed E-state index contributed by atoms with van der Waals surface area (Å²) in [5.74, 6) is 0. The second kappa shape index (κ2) is 20.0. The molecule has 4 aromatic rings. The van der Waals surface area contributed by atoms with E-state index in [1.165, 1.54) is 36.8 Å². The van der Waals surface area contributed by atoms with Crippen LogP contribution in [0.25, 0.3) is 0 Å². The van der Waals surface area contributed by atoms with Crippen LogP contribution in [0.5, 0.6) is 0 Å². The van der Waals surface area contributed by atoms with Crippen LogP contribution in [0.2, 0.25) is 0 Å². The van der Waals surface area contributed by atoms with Gasteiger partial charge in [0.1, 0.15) is 0 Å². The van der Waals surface area contributed by atoms with E-state index in [9.17, 15) is 0 Å². The smallest absolute Gasteiger partial charge is 0.659 e. The molecule has 0 spiro atoms. The van der Waals surface area contributed by atoms with Gasteiger partial charge in [-0.1, -0.05) is 71.0 Å². The van der Waals surface area contributed by atoms with Crippen LogP contribution in [-0.4, -0.2) is 60.9 Å². The minimum Gasteiger partial charge on any atom is -0.659 e. The zero-order valence-corrected chi connectivity index (χ0v) is 26.6. The molecular formula is C34H44MgN4O2+2. The molecule has 4 heterocycles. The molecule has 0 bridgehead atoms. The van der Waals surface area contributed by atoms with Crippen molar-refractivity contribution >= 4 is 45.9 Å². The Morgan fingerprint density at radius 1 is 0.561 bits per heavy atom. The Labute approximate surface area is 261 Å². The van der Waals surface area contributed by atoms with E-state index in [1.807, 2.05) is 38.1 Å². The molecule has 0 aliphatic carbocycles. The van der Waals surface area contributed by atoms with E-state index in [1.54, 1.807) is 12.4 Å². The Morgan fingerprint density at radius 2 is 0.902 bits per heavy atom. The van der Waals surface area contributed by atoms with E-state index >= 15 is 0 Å². The van der Waals surface area contributed by atoms with E-state index in [-0.39, 0.29) is 23.1 Å². The van der Waals surface area contributed by atoms with Crippen molar-refractivity contribution in [3.63, 3.8) is 0 Å². The number of rotatable bonds is 4. The maximum Gasteiger partial charge on any atom is 2.00 e. The number of nitrogens with one attached hydrogen (secondary N) is 2. The molecule has 7 heteroatoms. The summed E-state index contributed by atoms with van der Waals surface area (Å²) >= 11 is 0. The molecule has 0 radical (unpaired) electrons. The molecule has 0 saturated carbocycles. The second-order valence-electron chi connectivity index (χ2n) is 9.92. The number of hydrogen-bond donors (Lipinski definition) is 2. The maximum absolute atomic E-state index is 4.94. The monoisotopic (exact) mass is 564 g/mol. The second-order valence-corrected chi connectivity index (χ2v) is 9.92. The molecule has 0 amide bonds. The third-order valence-electron chi connectivity index (χ3n) is 6.30. The Hall–Kier alpha value is -2.97. The van der Waals surface area contributed by atoms with E-state index in [0.29, 0.717) is 0 Å². The van der Waals surface area contributed by atoms with Crippen LogP contribution in [0.4, 0.5) is 11.4 Å². The fourth-order valence-electron chi connectivity index (χ4n) is 3.90. The van der Waals surface area contributed by atoms with Crippen LogP contribution < -0.4 is 20.0 Å². The number of ether oxygens (including phenoxy) is 2. The van der Waals surface area contributed by atoms with Crippen LogP contribution in [0.15, 0.2) is 85.2 Å². The minimum atomic E-state index is 0. The first-order valence-electron chi connectivity index (χ1n) is 14.2. The average Bonchev–Trinajstić information content (AvgIpc) is 3.82. The van der Waals surface area contributed by atoms with Gasteiger partial charge in [0.15, 0.2) is 11.4 Å². The zero-order valence-electron chi connectivity index (χ0n) is 25.2. The number of aryl methyl sites for hydroxylation is 2. The van der Waals surface area contributed by atoms with Gasteiger partial charge in [-0.15, -0.1) is 0 Å². The van der Waals surface area contributed by atoms with Gasteiger partial charge in [0.25, 0.3) is 0 Å². The van der Waals surface area contributed by atoms with Gasteiger partial charge in [-0.3, -0.25) is 0 Å². The van der Waals surface area contributed by atoms with Crippen molar-refractivity contribution in [2.24, 2.45) is 0 Å². The molecule has 2 fully saturated rings. The molecule has 2 aliphatic heterocycles. The number of benzene rings is 2. The third kappa shape index (κ3) is 14.0. The first-order chi connectivity index (χ1) is 19.5. The predicted octanol–water partition coefficient (Wildman–Crippen LogP) is 3.56.